The maximum Gasteiger partial charge on any atom is -0.0133 e. The molecule has 0 aliphatic carbocycles. The van der Waals surface area contributed by atoms with E-state index < -0.39 is 0 Å². The van der Waals surface area contributed by atoms with Crippen LogP contribution in [-0.4, -0.2) is 0 Å². The summed E-state index contributed by atoms with van der Waals surface area (Å²) >= 11 is 0. The van der Waals surface area contributed by atoms with E-state index in [0.717, 1.165) is 11.1 Å². The summed E-state index contributed by atoms with van der Waals surface area (Å²) in [7, 11) is 0. The Labute approximate surface area is 117 Å². The van der Waals surface area contributed by atoms with Crippen LogP contribution in [0, 0.1) is 6.92 Å². The first-order valence-corrected chi connectivity index (χ1v) is 6.47. The van der Waals surface area contributed by atoms with Crippen LogP contribution in [0.2, 0.25) is 0 Å². The summed E-state index contributed by atoms with van der Waals surface area (Å²) in [4.78, 5) is 0. The highest BCUT2D eigenvalue weighted by molar-refractivity contribution is 5.78. The Bertz CT molecular complexity index is 588. The molecule has 0 nitrogen and oxygen atoms in total. The third-order valence-corrected chi connectivity index (χ3v) is 3.20. The van der Waals surface area contributed by atoms with Crippen LogP contribution < -0.4 is 0 Å². The second-order valence-electron chi connectivity index (χ2n) is 4.77. The highest BCUT2D eigenvalue weighted by atomic mass is 14.1. The lowest BCUT2D eigenvalue weighted by atomic mass is 9.95. The molecule has 0 saturated heterocycles. The third-order valence-electron chi connectivity index (χ3n) is 3.20. The van der Waals surface area contributed by atoms with Gasteiger partial charge in [0.1, 0.15) is 0 Å². The van der Waals surface area contributed by atoms with Crippen molar-refractivity contribution >= 4 is 11.6 Å². The van der Waals surface area contributed by atoms with Crippen LogP contribution in [0.5, 0.6) is 0 Å². The van der Waals surface area contributed by atoms with Gasteiger partial charge in [0.05, 0.1) is 0 Å². The number of aryl methyl sites for hydroxylation is 1. The summed E-state index contributed by atoms with van der Waals surface area (Å²) < 4.78 is 0. The van der Waals surface area contributed by atoms with Crippen molar-refractivity contribution < 1.29 is 0 Å². The van der Waals surface area contributed by atoms with Crippen molar-refractivity contribution in [2.45, 2.75) is 27.7 Å². The van der Waals surface area contributed by atoms with Gasteiger partial charge in [0.25, 0.3) is 0 Å². The average Bonchev–Trinajstić information content (AvgIpc) is 2.38. The zero-order valence-electron chi connectivity index (χ0n) is 12.4. The van der Waals surface area contributed by atoms with Gasteiger partial charge in [-0.3, -0.25) is 0 Å². The minimum absolute atomic E-state index is 1.10. The third kappa shape index (κ3) is 3.98. The molecule has 0 heteroatoms. The minimum Gasteiger partial charge on any atom is -0.128 e. The number of benzene rings is 1. The largest absolute Gasteiger partial charge is 0.128 e. The first-order chi connectivity index (χ1) is 8.99. The van der Waals surface area contributed by atoms with E-state index in [-0.39, 0.29) is 0 Å². The van der Waals surface area contributed by atoms with Crippen molar-refractivity contribution in [2.24, 2.45) is 0 Å². The lowest BCUT2D eigenvalue weighted by molar-refractivity contribution is 1.35. The smallest absolute Gasteiger partial charge is 0.0133 e. The number of allylic oxidation sites excluding steroid dienone is 5. The van der Waals surface area contributed by atoms with Gasteiger partial charge in [-0.25, -0.2) is 0 Å². The van der Waals surface area contributed by atoms with Gasteiger partial charge in [-0.05, 0) is 67.7 Å². The monoisotopic (exact) mass is 250 g/mol. The fourth-order valence-electron chi connectivity index (χ4n) is 1.83. The Kier molecular flexibility index (Phi) is 5.36. The maximum absolute atomic E-state index is 3.99. The number of hydrogen-bond acceptors (Lipinski definition) is 0. The van der Waals surface area contributed by atoms with Crippen LogP contribution in [0.1, 0.15) is 37.5 Å². The predicted octanol–water partition coefficient (Wildman–Crippen LogP) is 5.72. The van der Waals surface area contributed by atoms with Crippen molar-refractivity contribution in [3.05, 3.63) is 77.1 Å². The van der Waals surface area contributed by atoms with Crippen LogP contribution in [-0.2, 0) is 0 Å². The van der Waals surface area contributed by atoms with E-state index >= 15 is 0 Å². The molecule has 0 N–H and O–H groups in total. The summed E-state index contributed by atoms with van der Waals surface area (Å²) in [6.45, 7) is 15.9. The summed E-state index contributed by atoms with van der Waals surface area (Å²) in [5.74, 6) is 0. The highest BCUT2D eigenvalue weighted by Gasteiger charge is 2.04. The Morgan fingerprint density at radius 2 is 1.95 bits per heavy atom. The number of hydrogen-bond donors (Lipinski definition) is 0. The molecule has 19 heavy (non-hydrogen) atoms. The molecule has 0 bridgehead atoms. The van der Waals surface area contributed by atoms with Crippen molar-refractivity contribution in [1.29, 1.82) is 0 Å². The van der Waals surface area contributed by atoms with E-state index in [1.54, 1.807) is 0 Å². The molecule has 0 aliphatic heterocycles. The molecule has 0 saturated carbocycles. The fraction of sp³-hybridized carbons (Fsp3) is 0.211. The molecule has 0 spiro atoms. The van der Waals surface area contributed by atoms with E-state index in [9.17, 15) is 0 Å². The van der Waals surface area contributed by atoms with Gasteiger partial charge in [-0.1, -0.05) is 43.0 Å². The van der Waals surface area contributed by atoms with Crippen LogP contribution in [0.4, 0.5) is 0 Å². The topological polar surface area (TPSA) is 0 Å². The predicted molar refractivity (Wildman–Crippen MR) is 87.0 cm³/mol. The Morgan fingerprint density at radius 1 is 1.26 bits per heavy atom. The minimum atomic E-state index is 1.10. The van der Waals surface area contributed by atoms with Gasteiger partial charge < -0.3 is 0 Å². The quantitative estimate of drug-likeness (QED) is 0.473. The van der Waals surface area contributed by atoms with Crippen LogP contribution in [0.15, 0.2) is 60.4 Å². The van der Waals surface area contributed by atoms with Gasteiger partial charge in [-0.2, -0.15) is 0 Å². The molecule has 0 fully saturated rings. The molecule has 1 rings (SSSR count). The number of rotatable bonds is 4. The van der Waals surface area contributed by atoms with Crippen molar-refractivity contribution in [1.82, 2.24) is 0 Å². The molecule has 98 valence electrons. The zero-order valence-corrected chi connectivity index (χ0v) is 12.4. The molecule has 0 unspecified atom stereocenters. The fourth-order valence-corrected chi connectivity index (χ4v) is 1.83. The molecule has 0 amide bonds. The van der Waals surface area contributed by atoms with Gasteiger partial charge >= 0.3 is 0 Å². The summed E-state index contributed by atoms with van der Waals surface area (Å²) in [6.07, 6.45) is 6.22. The Morgan fingerprint density at radius 3 is 2.47 bits per heavy atom. The highest BCUT2D eigenvalue weighted by Crippen LogP contribution is 2.24. The van der Waals surface area contributed by atoms with E-state index in [0.29, 0.717) is 0 Å². The second-order valence-corrected chi connectivity index (χ2v) is 4.77. The van der Waals surface area contributed by atoms with E-state index in [1.165, 1.54) is 22.3 Å². The first kappa shape index (κ1) is 15.0. The molecule has 0 heterocycles. The van der Waals surface area contributed by atoms with Gasteiger partial charge in [0, 0.05) is 0 Å². The summed E-state index contributed by atoms with van der Waals surface area (Å²) in [5.41, 5.74) is 9.97. The Hall–Kier alpha value is -2.04. The average molecular weight is 250 g/mol. The standard InChI is InChI=1S/C19H22/c1-7-9-17-11-10-15(5)19(13-17)18(8-2)12-16(6)14(3)4/h8-13H,1,3H2,2,4-6H3/b16-12-,18-8+. The summed E-state index contributed by atoms with van der Waals surface area (Å²) in [5, 5.41) is 0. The second kappa shape index (κ2) is 6.78. The van der Waals surface area contributed by atoms with E-state index in [2.05, 4.69) is 70.0 Å². The van der Waals surface area contributed by atoms with Crippen molar-refractivity contribution in [2.75, 3.05) is 0 Å². The molecule has 0 radical (unpaired) electrons. The first-order valence-electron chi connectivity index (χ1n) is 6.47. The molecule has 1 aromatic rings. The van der Waals surface area contributed by atoms with E-state index in [1.807, 2.05) is 13.0 Å². The van der Waals surface area contributed by atoms with Crippen LogP contribution in [0.25, 0.3) is 11.6 Å². The molecule has 0 aliphatic rings. The lowest BCUT2D eigenvalue weighted by Crippen LogP contribution is -1.89. The Balaban J connectivity index is 3.34. The zero-order chi connectivity index (χ0) is 14.4. The molecular formula is C19H22. The van der Waals surface area contributed by atoms with Gasteiger partial charge in [0.15, 0.2) is 0 Å². The SMILES string of the molecule is C=C=Cc1ccc(C)c(C(/C=C(/C)C(=C)C)=C/C)c1. The van der Waals surface area contributed by atoms with Crippen molar-refractivity contribution in [3.8, 4) is 0 Å². The van der Waals surface area contributed by atoms with Crippen LogP contribution in [0.3, 0.4) is 0 Å². The lowest BCUT2D eigenvalue weighted by Gasteiger charge is -2.10. The molecule has 1 aromatic carbocycles. The van der Waals surface area contributed by atoms with Gasteiger partial charge in [0.2, 0.25) is 0 Å². The van der Waals surface area contributed by atoms with Crippen LogP contribution >= 0.6 is 0 Å². The molecule has 0 aromatic heterocycles. The maximum atomic E-state index is 3.99. The van der Waals surface area contributed by atoms with E-state index in [4.69, 9.17) is 0 Å². The molecular weight excluding hydrogens is 228 g/mol. The normalized spacial score (nSPS) is 12.0. The van der Waals surface area contributed by atoms with Crippen molar-refractivity contribution in [3.63, 3.8) is 0 Å². The molecule has 0 atom stereocenters. The summed E-state index contributed by atoms with van der Waals surface area (Å²) in [6, 6.07) is 6.39. The van der Waals surface area contributed by atoms with Gasteiger partial charge in [-0.15, -0.1) is 5.73 Å².